The molecule has 0 aliphatic carbocycles. The van der Waals surface area contributed by atoms with Crippen molar-refractivity contribution >= 4 is 5.91 Å². The molecule has 0 aromatic carbocycles. The van der Waals surface area contributed by atoms with Crippen LogP contribution in [-0.2, 0) is 33.2 Å². The van der Waals surface area contributed by atoms with Gasteiger partial charge in [-0.2, -0.15) is 0 Å². The number of carbonyl (C=O) groups is 1. The number of unbranched alkanes of at least 4 members (excludes halogenated alkanes) is 18. The fourth-order valence-corrected chi connectivity index (χ4v) is 11.0. The van der Waals surface area contributed by atoms with Crippen LogP contribution in [0.5, 0.6) is 0 Å². The highest BCUT2D eigenvalue weighted by Crippen LogP contribution is 2.33. The Balaban J connectivity index is 1.37. The molecule has 3 fully saturated rings. The number of hydrogen-bond acceptors (Lipinski definition) is 18. The number of aliphatic hydroxyl groups excluding tert-OH is 11. The molecule has 3 heterocycles. The van der Waals surface area contributed by atoms with Gasteiger partial charge in [0.25, 0.3) is 0 Å². The number of amides is 1. The molecule has 17 unspecified atom stereocenters. The number of hydrogen-bond donors (Lipinski definition) is 12. The number of aliphatic hydroxyl groups is 11. The first-order valence-corrected chi connectivity index (χ1v) is 35.3. The summed E-state index contributed by atoms with van der Waals surface area (Å²) < 4.78 is 34.3. The Labute approximate surface area is 557 Å². The van der Waals surface area contributed by atoms with E-state index in [0.717, 1.165) is 103 Å². The first kappa shape index (κ1) is 83.4. The average molecular weight is 1310 g/mol. The van der Waals surface area contributed by atoms with Crippen LogP contribution in [0.25, 0.3) is 0 Å². The highest BCUT2D eigenvalue weighted by Gasteiger charge is 2.53. The highest BCUT2D eigenvalue weighted by atomic mass is 16.8. The van der Waals surface area contributed by atoms with Crippen molar-refractivity contribution in [1.29, 1.82) is 0 Å². The van der Waals surface area contributed by atoms with Crippen molar-refractivity contribution < 1.29 is 89.4 Å². The fraction of sp³-hybridized carbons (Fsp3) is 0.716. The van der Waals surface area contributed by atoms with Crippen LogP contribution >= 0.6 is 0 Å². The molecule has 93 heavy (non-hydrogen) atoms. The van der Waals surface area contributed by atoms with Crippen molar-refractivity contribution in [2.24, 2.45) is 0 Å². The molecule has 3 rings (SSSR count). The second-order valence-electron chi connectivity index (χ2n) is 24.6. The van der Waals surface area contributed by atoms with Crippen molar-refractivity contribution in [2.45, 2.75) is 311 Å². The van der Waals surface area contributed by atoms with E-state index in [1.165, 1.54) is 70.6 Å². The molecular weight excluding hydrogens is 1190 g/mol. The van der Waals surface area contributed by atoms with Crippen LogP contribution in [0.3, 0.4) is 0 Å². The van der Waals surface area contributed by atoms with E-state index in [4.69, 9.17) is 28.4 Å². The Hall–Kier alpha value is -3.81. The maximum atomic E-state index is 13.4. The first-order chi connectivity index (χ1) is 45.3. The van der Waals surface area contributed by atoms with Gasteiger partial charge in [0.2, 0.25) is 5.91 Å². The Morgan fingerprint density at radius 2 is 0.753 bits per heavy atom. The van der Waals surface area contributed by atoms with Crippen molar-refractivity contribution in [3.05, 3.63) is 122 Å². The van der Waals surface area contributed by atoms with E-state index < -0.39 is 124 Å². The monoisotopic (exact) mass is 1310 g/mol. The van der Waals surface area contributed by atoms with Crippen molar-refractivity contribution in [1.82, 2.24) is 5.32 Å². The van der Waals surface area contributed by atoms with Gasteiger partial charge in [0, 0.05) is 6.42 Å². The van der Waals surface area contributed by atoms with Crippen LogP contribution in [0, 0.1) is 0 Å². The third-order valence-corrected chi connectivity index (χ3v) is 16.7. The Morgan fingerprint density at radius 1 is 0.398 bits per heavy atom. The summed E-state index contributed by atoms with van der Waals surface area (Å²) in [5.41, 5.74) is 0. The van der Waals surface area contributed by atoms with E-state index in [2.05, 4.69) is 129 Å². The summed E-state index contributed by atoms with van der Waals surface area (Å²) in [6.45, 7) is 1.56. The largest absolute Gasteiger partial charge is 0.394 e. The predicted molar refractivity (Wildman–Crippen MR) is 364 cm³/mol. The van der Waals surface area contributed by atoms with E-state index in [0.29, 0.717) is 12.8 Å². The lowest BCUT2D eigenvalue weighted by atomic mass is 9.96. The lowest BCUT2D eigenvalue weighted by Gasteiger charge is -2.48. The molecule has 0 aromatic heterocycles. The SMILES string of the molecule is CC/C=C\C/C=C\C/C=C\C/C=C\C/C=C\C/C=C\C/C=C\C/C=C\CCCCCCCCCCCCC(=O)NC(COC1OC(CO)C(OC2OC(CO)C(OC3OC(CO)C(O)C(O)C3O)C(O)C2O)C(O)C1O)C(O)/C=C/CC/C=C/CCCCCCCCC. The third-order valence-electron chi connectivity index (χ3n) is 16.7. The number of nitrogens with one attached hydrogen (secondary N) is 1. The van der Waals surface area contributed by atoms with E-state index >= 15 is 0 Å². The molecule has 19 nitrogen and oxygen atoms in total. The molecule has 12 N–H and O–H groups in total. The zero-order valence-electron chi connectivity index (χ0n) is 56.2. The van der Waals surface area contributed by atoms with Gasteiger partial charge < -0.3 is 89.9 Å². The molecule has 0 aromatic rings. The van der Waals surface area contributed by atoms with Crippen LogP contribution in [0.1, 0.15) is 206 Å². The molecular formula is C74H123NO18. The summed E-state index contributed by atoms with van der Waals surface area (Å²) in [7, 11) is 0. The Morgan fingerprint density at radius 3 is 1.20 bits per heavy atom. The summed E-state index contributed by atoms with van der Waals surface area (Å²) in [5, 5.41) is 120. The quantitative estimate of drug-likeness (QED) is 0.0199. The maximum Gasteiger partial charge on any atom is 0.220 e. The Bertz CT molecular complexity index is 2160. The minimum Gasteiger partial charge on any atom is -0.394 e. The van der Waals surface area contributed by atoms with Gasteiger partial charge in [-0.05, 0) is 96.3 Å². The number of rotatable bonds is 52. The van der Waals surface area contributed by atoms with E-state index in [1.54, 1.807) is 6.08 Å². The van der Waals surface area contributed by atoms with Gasteiger partial charge in [0.1, 0.15) is 73.2 Å². The standard InChI is InChI=1S/C74H123NO18/c1-3-5-7-9-11-13-15-17-18-19-20-21-22-23-24-25-26-27-28-29-30-31-32-33-34-35-36-37-38-40-42-44-46-48-50-52-62(80)75-57(58(79)51-49-47-45-43-41-39-16-14-12-10-8-6-4-2)56-88-72-68(86)65(83)70(60(54-77)90-72)93-74-69(87)66(84)71(61(55-78)91-74)92-73-67(85)64(82)63(81)59(53-76)89-73/h5,7,11,13,17-18,20-21,23-24,26-27,29-30,32-33,41,43,49,51,57-61,63-74,76-79,81-87H,3-4,6,8-10,12,14-16,19,22,25,28,31,34-40,42,44-48,50,52-56H2,1-2H3,(H,75,80)/b7-5-,13-11-,18-17-,21-20-,24-23-,27-26-,30-29-,33-32-,43-41+,51-49+. The predicted octanol–water partition coefficient (Wildman–Crippen LogP) is 9.60. The topological polar surface area (TPSA) is 307 Å². The van der Waals surface area contributed by atoms with Gasteiger partial charge in [-0.3, -0.25) is 4.79 Å². The third kappa shape index (κ3) is 35.8. The normalized spacial score (nSPS) is 28.3. The molecule has 532 valence electrons. The minimum absolute atomic E-state index is 0.222. The van der Waals surface area contributed by atoms with E-state index in [9.17, 15) is 61.0 Å². The smallest absolute Gasteiger partial charge is 0.220 e. The second kappa shape index (κ2) is 54.2. The van der Waals surface area contributed by atoms with Crippen molar-refractivity contribution in [2.75, 3.05) is 26.4 Å². The van der Waals surface area contributed by atoms with Crippen LogP contribution in [0.4, 0.5) is 0 Å². The second-order valence-corrected chi connectivity index (χ2v) is 24.6. The lowest BCUT2D eigenvalue weighted by molar-refractivity contribution is -0.379. The highest BCUT2D eigenvalue weighted by molar-refractivity contribution is 5.76. The van der Waals surface area contributed by atoms with Crippen LogP contribution in [0.15, 0.2) is 122 Å². The molecule has 3 aliphatic heterocycles. The molecule has 3 saturated heterocycles. The zero-order valence-corrected chi connectivity index (χ0v) is 56.2. The molecule has 0 radical (unpaired) electrons. The van der Waals surface area contributed by atoms with Gasteiger partial charge in [-0.25, -0.2) is 0 Å². The van der Waals surface area contributed by atoms with E-state index in [-0.39, 0.29) is 18.9 Å². The summed E-state index contributed by atoms with van der Waals surface area (Å²) in [5.74, 6) is -0.297. The molecule has 0 saturated carbocycles. The molecule has 0 spiro atoms. The average Bonchev–Trinajstić information content (AvgIpc) is 0.842. The van der Waals surface area contributed by atoms with Gasteiger partial charge in [-0.15, -0.1) is 0 Å². The van der Waals surface area contributed by atoms with Crippen molar-refractivity contribution in [3.63, 3.8) is 0 Å². The lowest BCUT2D eigenvalue weighted by Crippen LogP contribution is -2.66. The van der Waals surface area contributed by atoms with Crippen molar-refractivity contribution in [3.8, 4) is 0 Å². The molecule has 3 aliphatic rings. The molecule has 1 amide bonds. The van der Waals surface area contributed by atoms with Gasteiger partial charge in [-0.1, -0.05) is 225 Å². The fourth-order valence-electron chi connectivity index (χ4n) is 11.0. The first-order valence-electron chi connectivity index (χ1n) is 35.3. The zero-order chi connectivity index (χ0) is 67.5. The Kier molecular flexibility index (Phi) is 48.6. The summed E-state index contributed by atoms with van der Waals surface area (Å²) in [6, 6.07) is -1.000. The van der Waals surface area contributed by atoms with Gasteiger partial charge in [0.05, 0.1) is 38.6 Å². The number of allylic oxidation sites excluding steroid dienone is 19. The van der Waals surface area contributed by atoms with Crippen LogP contribution in [0.2, 0.25) is 0 Å². The summed E-state index contributed by atoms with van der Waals surface area (Å²) >= 11 is 0. The molecule has 19 heteroatoms. The summed E-state index contributed by atoms with van der Waals surface area (Å²) in [6.07, 6.45) is 47.6. The molecule has 0 bridgehead atoms. The van der Waals surface area contributed by atoms with Gasteiger partial charge in [0.15, 0.2) is 18.9 Å². The van der Waals surface area contributed by atoms with Gasteiger partial charge >= 0.3 is 0 Å². The minimum atomic E-state index is -1.99. The number of carbonyl (C=O) groups excluding carboxylic acids is 1. The maximum absolute atomic E-state index is 13.4. The number of ether oxygens (including phenoxy) is 6. The molecule has 17 atom stereocenters. The van der Waals surface area contributed by atoms with E-state index in [1.807, 2.05) is 6.08 Å². The van der Waals surface area contributed by atoms with Crippen LogP contribution < -0.4 is 5.32 Å². The summed E-state index contributed by atoms with van der Waals surface area (Å²) in [4.78, 5) is 13.4. The van der Waals surface area contributed by atoms with Crippen LogP contribution in [-0.4, -0.2) is 193 Å².